The monoisotopic (exact) mass is 256 g/mol. The van der Waals surface area contributed by atoms with Gasteiger partial charge in [0.1, 0.15) is 6.17 Å². The van der Waals surface area contributed by atoms with Crippen molar-refractivity contribution in [1.82, 2.24) is 9.80 Å². The molecule has 0 unspecified atom stereocenters. The number of rotatable bonds is 3. The zero-order valence-corrected chi connectivity index (χ0v) is 12.2. The minimum atomic E-state index is -0.602. The average Bonchev–Trinajstić information content (AvgIpc) is 2.34. The highest BCUT2D eigenvalue weighted by Crippen LogP contribution is 2.24. The lowest BCUT2D eigenvalue weighted by Crippen LogP contribution is -2.46. The first kappa shape index (κ1) is 14.3. The largest absolute Gasteiger partial charge is 0.301 e. The van der Waals surface area contributed by atoms with E-state index in [0.29, 0.717) is 12.6 Å². The lowest BCUT2D eigenvalue weighted by atomic mass is 9.92. The van der Waals surface area contributed by atoms with Crippen molar-refractivity contribution in [2.24, 2.45) is 11.8 Å². The van der Waals surface area contributed by atoms with Gasteiger partial charge in [-0.1, -0.05) is 6.92 Å². The molecule has 2 fully saturated rings. The van der Waals surface area contributed by atoms with E-state index in [1.807, 2.05) is 6.92 Å². The third-order valence-electron chi connectivity index (χ3n) is 4.85. The van der Waals surface area contributed by atoms with Crippen LogP contribution >= 0.6 is 0 Å². The fraction of sp³-hybridized carbons (Fsp3) is 1.00. The van der Waals surface area contributed by atoms with Crippen LogP contribution in [0.25, 0.3) is 0 Å². The Morgan fingerprint density at radius 1 is 1.11 bits per heavy atom. The van der Waals surface area contributed by atoms with Crippen LogP contribution in [0.4, 0.5) is 4.39 Å². The van der Waals surface area contributed by atoms with Gasteiger partial charge in [0.15, 0.2) is 0 Å². The molecule has 0 N–H and O–H groups in total. The van der Waals surface area contributed by atoms with Crippen LogP contribution in [0.1, 0.15) is 40.0 Å². The van der Waals surface area contributed by atoms with Gasteiger partial charge in [-0.15, -0.1) is 0 Å². The maximum absolute atomic E-state index is 13.7. The first-order chi connectivity index (χ1) is 8.56. The molecule has 18 heavy (non-hydrogen) atoms. The van der Waals surface area contributed by atoms with Gasteiger partial charge in [0.2, 0.25) is 0 Å². The summed E-state index contributed by atoms with van der Waals surface area (Å²) in [6, 6.07) is 0.678. The minimum Gasteiger partial charge on any atom is -0.301 e. The first-order valence-electron chi connectivity index (χ1n) is 7.66. The molecule has 2 heterocycles. The lowest BCUT2D eigenvalue weighted by Gasteiger charge is -2.39. The summed E-state index contributed by atoms with van der Waals surface area (Å²) in [4.78, 5) is 4.92. The summed E-state index contributed by atoms with van der Waals surface area (Å²) < 4.78 is 13.7. The molecule has 2 nitrogen and oxygen atoms in total. The van der Waals surface area contributed by atoms with Crippen LogP contribution in [0.3, 0.4) is 0 Å². The van der Waals surface area contributed by atoms with Crippen LogP contribution in [0, 0.1) is 11.8 Å². The van der Waals surface area contributed by atoms with Gasteiger partial charge in [0.05, 0.1) is 0 Å². The Labute approximate surface area is 112 Å². The summed E-state index contributed by atoms with van der Waals surface area (Å²) in [6.45, 7) is 12.0. The molecule has 0 bridgehead atoms. The molecule has 0 saturated carbocycles. The quantitative estimate of drug-likeness (QED) is 0.766. The second-order valence-electron chi connectivity index (χ2n) is 6.61. The highest BCUT2D eigenvalue weighted by molar-refractivity contribution is 4.82. The highest BCUT2D eigenvalue weighted by Gasteiger charge is 2.28. The van der Waals surface area contributed by atoms with E-state index < -0.39 is 6.17 Å². The predicted octanol–water partition coefficient (Wildman–Crippen LogP) is 2.79. The van der Waals surface area contributed by atoms with Crippen molar-refractivity contribution in [1.29, 1.82) is 0 Å². The molecular weight excluding hydrogens is 227 g/mol. The van der Waals surface area contributed by atoms with Gasteiger partial charge < -0.3 is 9.80 Å². The topological polar surface area (TPSA) is 6.48 Å². The molecule has 2 aliphatic rings. The normalized spacial score (nSPS) is 33.2. The van der Waals surface area contributed by atoms with E-state index in [0.717, 1.165) is 25.4 Å². The van der Waals surface area contributed by atoms with Gasteiger partial charge in [0, 0.05) is 19.1 Å². The molecule has 0 aromatic carbocycles. The Balaban J connectivity index is 1.72. The molecule has 0 radical (unpaired) electrons. The van der Waals surface area contributed by atoms with Crippen molar-refractivity contribution in [3.05, 3.63) is 0 Å². The minimum absolute atomic E-state index is 0.268. The van der Waals surface area contributed by atoms with Gasteiger partial charge in [-0.25, -0.2) is 4.39 Å². The number of likely N-dealkylation sites (tertiary alicyclic amines) is 2. The summed E-state index contributed by atoms with van der Waals surface area (Å²) >= 11 is 0. The summed E-state index contributed by atoms with van der Waals surface area (Å²) in [5, 5.41) is 0. The Morgan fingerprint density at radius 3 is 2.33 bits per heavy atom. The van der Waals surface area contributed by atoms with Crippen molar-refractivity contribution in [3.63, 3.8) is 0 Å². The second-order valence-corrected chi connectivity index (χ2v) is 6.61. The molecule has 2 atom stereocenters. The summed E-state index contributed by atoms with van der Waals surface area (Å²) in [7, 11) is 0. The van der Waals surface area contributed by atoms with E-state index in [9.17, 15) is 4.39 Å². The predicted molar refractivity (Wildman–Crippen MR) is 74.6 cm³/mol. The van der Waals surface area contributed by atoms with Crippen molar-refractivity contribution >= 4 is 0 Å². The van der Waals surface area contributed by atoms with Crippen LogP contribution in [-0.2, 0) is 0 Å². The van der Waals surface area contributed by atoms with Crippen molar-refractivity contribution in [3.8, 4) is 0 Å². The second kappa shape index (κ2) is 6.33. The maximum atomic E-state index is 13.7. The smallest absolute Gasteiger partial charge is 0.115 e. The van der Waals surface area contributed by atoms with E-state index in [4.69, 9.17) is 0 Å². The molecular formula is C15H29FN2. The number of alkyl halides is 1. The van der Waals surface area contributed by atoms with E-state index in [1.54, 1.807) is 0 Å². The lowest BCUT2D eigenvalue weighted by molar-refractivity contribution is 0.0639. The Bertz CT molecular complexity index is 249. The Kier molecular flexibility index (Phi) is 5.02. The molecule has 0 aromatic heterocycles. The van der Waals surface area contributed by atoms with Gasteiger partial charge in [0.25, 0.3) is 0 Å². The highest BCUT2D eigenvalue weighted by atomic mass is 19.1. The van der Waals surface area contributed by atoms with Gasteiger partial charge in [-0.2, -0.15) is 0 Å². The summed E-state index contributed by atoms with van der Waals surface area (Å²) in [5.41, 5.74) is 0. The first-order valence-corrected chi connectivity index (χ1v) is 7.66. The number of piperidine rings is 2. The van der Waals surface area contributed by atoms with Gasteiger partial charge >= 0.3 is 0 Å². The Morgan fingerprint density at radius 2 is 1.78 bits per heavy atom. The average molecular weight is 256 g/mol. The Hall–Kier alpha value is -0.150. The van der Waals surface area contributed by atoms with Crippen molar-refractivity contribution in [2.45, 2.75) is 52.2 Å². The zero-order chi connectivity index (χ0) is 13.1. The molecule has 0 aliphatic carbocycles. The van der Waals surface area contributed by atoms with E-state index in [-0.39, 0.29) is 5.92 Å². The SMILES string of the molecule is CC(C)N1CCC(CN2CC[C@H](C)[C@H](F)C2)CC1. The number of nitrogens with zero attached hydrogens (tertiary/aromatic N) is 2. The van der Waals surface area contributed by atoms with Gasteiger partial charge in [-0.05, 0) is 64.6 Å². The standard InChI is InChI=1S/C15H29FN2/c1-12(2)18-8-5-14(6-9-18)10-17-7-4-13(3)15(16)11-17/h12-15H,4-11H2,1-3H3/t13-,15+/m0/s1. The summed E-state index contributed by atoms with van der Waals surface area (Å²) in [5.74, 6) is 1.06. The number of hydrogen-bond acceptors (Lipinski definition) is 2. The fourth-order valence-electron chi connectivity index (χ4n) is 3.27. The van der Waals surface area contributed by atoms with E-state index >= 15 is 0 Å². The third-order valence-corrected chi connectivity index (χ3v) is 4.85. The molecule has 0 spiro atoms. The third kappa shape index (κ3) is 3.67. The van der Waals surface area contributed by atoms with E-state index in [1.165, 1.54) is 25.9 Å². The maximum Gasteiger partial charge on any atom is 0.115 e. The molecule has 2 rings (SSSR count). The van der Waals surface area contributed by atoms with Crippen LogP contribution < -0.4 is 0 Å². The molecule has 2 saturated heterocycles. The number of halogens is 1. The molecule has 106 valence electrons. The molecule has 0 aromatic rings. The van der Waals surface area contributed by atoms with Crippen LogP contribution in [0.5, 0.6) is 0 Å². The summed E-state index contributed by atoms with van der Waals surface area (Å²) in [6.07, 6.45) is 3.02. The van der Waals surface area contributed by atoms with Crippen LogP contribution in [0.15, 0.2) is 0 Å². The van der Waals surface area contributed by atoms with Gasteiger partial charge in [-0.3, -0.25) is 0 Å². The van der Waals surface area contributed by atoms with Crippen LogP contribution in [-0.4, -0.2) is 54.7 Å². The molecule has 2 aliphatic heterocycles. The molecule has 3 heteroatoms. The molecule has 0 amide bonds. The fourth-order valence-corrected chi connectivity index (χ4v) is 3.27. The van der Waals surface area contributed by atoms with E-state index in [2.05, 4.69) is 23.6 Å². The zero-order valence-electron chi connectivity index (χ0n) is 12.2. The number of hydrogen-bond donors (Lipinski definition) is 0. The van der Waals surface area contributed by atoms with Crippen molar-refractivity contribution < 1.29 is 4.39 Å². The van der Waals surface area contributed by atoms with Crippen molar-refractivity contribution in [2.75, 3.05) is 32.7 Å². The van der Waals surface area contributed by atoms with Crippen LogP contribution in [0.2, 0.25) is 0 Å².